The van der Waals surface area contributed by atoms with Crippen LogP contribution >= 0.6 is 15.9 Å². The molecule has 2 amide bonds. The standard InChI is InChI=1S/C13H18BrN3O/c14-12-4-2-1-3-11(12)5-6-16-13(18)17-9-7-15-8-10-17/h1-4,15H,5-10H2,(H,16,18). The first-order valence-electron chi connectivity index (χ1n) is 6.24. The van der Waals surface area contributed by atoms with E-state index in [2.05, 4.69) is 32.6 Å². The minimum absolute atomic E-state index is 0.0450. The quantitative estimate of drug-likeness (QED) is 0.890. The number of nitrogens with zero attached hydrogens (tertiary/aromatic N) is 1. The molecule has 2 N–H and O–H groups in total. The minimum Gasteiger partial charge on any atom is -0.338 e. The maximum atomic E-state index is 11.8. The van der Waals surface area contributed by atoms with Crippen LogP contribution in [-0.2, 0) is 6.42 Å². The van der Waals surface area contributed by atoms with Gasteiger partial charge in [0.25, 0.3) is 0 Å². The molecular weight excluding hydrogens is 294 g/mol. The zero-order valence-corrected chi connectivity index (χ0v) is 11.9. The highest BCUT2D eigenvalue weighted by molar-refractivity contribution is 9.10. The summed E-state index contributed by atoms with van der Waals surface area (Å²) in [5, 5.41) is 6.20. The fourth-order valence-electron chi connectivity index (χ4n) is 1.98. The van der Waals surface area contributed by atoms with Gasteiger partial charge in [-0.3, -0.25) is 0 Å². The number of hydrogen-bond donors (Lipinski definition) is 2. The van der Waals surface area contributed by atoms with Gasteiger partial charge in [-0.15, -0.1) is 0 Å². The molecule has 0 aromatic heterocycles. The maximum Gasteiger partial charge on any atom is 0.317 e. The lowest BCUT2D eigenvalue weighted by Crippen LogP contribution is -2.50. The second-order valence-electron chi connectivity index (χ2n) is 4.31. The van der Waals surface area contributed by atoms with Crippen molar-refractivity contribution >= 4 is 22.0 Å². The number of piperazine rings is 1. The topological polar surface area (TPSA) is 44.4 Å². The molecule has 98 valence electrons. The third kappa shape index (κ3) is 3.71. The summed E-state index contributed by atoms with van der Waals surface area (Å²) < 4.78 is 1.10. The van der Waals surface area contributed by atoms with Gasteiger partial charge in [-0.2, -0.15) is 0 Å². The Hall–Kier alpha value is -1.07. The molecule has 1 aromatic carbocycles. The Morgan fingerprint density at radius 1 is 1.33 bits per heavy atom. The van der Waals surface area contributed by atoms with Gasteiger partial charge < -0.3 is 15.5 Å². The first-order valence-corrected chi connectivity index (χ1v) is 7.03. The average Bonchev–Trinajstić information content (AvgIpc) is 2.42. The van der Waals surface area contributed by atoms with E-state index in [0.29, 0.717) is 6.54 Å². The summed E-state index contributed by atoms with van der Waals surface area (Å²) in [6, 6.07) is 8.14. The highest BCUT2D eigenvalue weighted by Gasteiger charge is 2.15. The molecular formula is C13H18BrN3O. The predicted molar refractivity (Wildman–Crippen MR) is 75.7 cm³/mol. The first kappa shape index (κ1) is 13.4. The van der Waals surface area contributed by atoms with E-state index in [1.54, 1.807) is 0 Å². The molecule has 2 rings (SSSR count). The molecule has 0 spiro atoms. The predicted octanol–water partition coefficient (Wildman–Crippen LogP) is 1.61. The molecule has 1 aliphatic rings. The van der Waals surface area contributed by atoms with Crippen LogP contribution in [0.1, 0.15) is 5.56 Å². The highest BCUT2D eigenvalue weighted by Crippen LogP contribution is 2.15. The lowest BCUT2D eigenvalue weighted by molar-refractivity contribution is 0.190. The van der Waals surface area contributed by atoms with Gasteiger partial charge in [0.1, 0.15) is 0 Å². The Morgan fingerprint density at radius 3 is 2.78 bits per heavy atom. The smallest absolute Gasteiger partial charge is 0.317 e. The zero-order valence-electron chi connectivity index (χ0n) is 10.3. The Morgan fingerprint density at radius 2 is 2.06 bits per heavy atom. The Labute approximate surface area is 116 Å². The molecule has 4 nitrogen and oxygen atoms in total. The number of nitrogens with one attached hydrogen (secondary N) is 2. The molecule has 5 heteroatoms. The Balaban J connectivity index is 1.75. The second kappa shape index (κ2) is 6.75. The summed E-state index contributed by atoms with van der Waals surface area (Å²) in [7, 11) is 0. The second-order valence-corrected chi connectivity index (χ2v) is 5.16. The van der Waals surface area contributed by atoms with Crippen molar-refractivity contribution in [2.24, 2.45) is 0 Å². The normalized spacial score (nSPS) is 15.5. The summed E-state index contributed by atoms with van der Waals surface area (Å²) in [6.07, 6.45) is 0.846. The van der Waals surface area contributed by atoms with Gasteiger partial charge in [0.15, 0.2) is 0 Å². The van der Waals surface area contributed by atoms with E-state index in [1.165, 1.54) is 5.56 Å². The average molecular weight is 312 g/mol. The van der Waals surface area contributed by atoms with Crippen molar-refractivity contribution in [2.45, 2.75) is 6.42 Å². The first-order chi connectivity index (χ1) is 8.77. The van der Waals surface area contributed by atoms with E-state index in [-0.39, 0.29) is 6.03 Å². The van der Waals surface area contributed by atoms with Crippen LogP contribution in [0.5, 0.6) is 0 Å². The van der Waals surface area contributed by atoms with Crippen molar-refractivity contribution in [1.82, 2.24) is 15.5 Å². The fourth-order valence-corrected chi connectivity index (χ4v) is 2.47. The summed E-state index contributed by atoms with van der Waals surface area (Å²) in [4.78, 5) is 13.7. The van der Waals surface area contributed by atoms with E-state index in [0.717, 1.165) is 37.1 Å². The van der Waals surface area contributed by atoms with Gasteiger partial charge >= 0.3 is 6.03 Å². The molecule has 0 bridgehead atoms. The van der Waals surface area contributed by atoms with Crippen LogP contribution in [0.4, 0.5) is 4.79 Å². The molecule has 1 heterocycles. The molecule has 1 fully saturated rings. The van der Waals surface area contributed by atoms with Gasteiger partial charge in [-0.25, -0.2) is 4.79 Å². The summed E-state index contributed by atoms with van der Waals surface area (Å²) in [5.74, 6) is 0. The number of amides is 2. The molecule has 1 aliphatic heterocycles. The number of benzene rings is 1. The monoisotopic (exact) mass is 311 g/mol. The number of rotatable bonds is 3. The van der Waals surface area contributed by atoms with E-state index in [9.17, 15) is 4.79 Å². The summed E-state index contributed by atoms with van der Waals surface area (Å²) >= 11 is 3.51. The molecule has 1 saturated heterocycles. The van der Waals surface area contributed by atoms with Crippen molar-refractivity contribution in [3.8, 4) is 0 Å². The molecule has 0 atom stereocenters. The van der Waals surface area contributed by atoms with Crippen molar-refractivity contribution < 1.29 is 4.79 Å². The Bertz CT molecular complexity index is 405. The molecule has 0 saturated carbocycles. The van der Waals surface area contributed by atoms with Gasteiger partial charge in [-0.05, 0) is 18.1 Å². The highest BCUT2D eigenvalue weighted by atomic mass is 79.9. The lowest BCUT2D eigenvalue weighted by atomic mass is 10.1. The van der Waals surface area contributed by atoms with Crippen LogP contribution in [0.3, 0.4) is 0 Å². The van der Waals surface area contributed by atoms with Gasteiger partial charge in [0, 0.05) is 37.2 Å². The minimum atomic E-state index is 0.0450. The lowest BCUT2D eigenvalue weighted by Gasteiger charge is -2.27. The fraction of sp³-hybridized carbons (Fsp3) is 0.462. The molecule has 0 radical (unpaired) electrons. The van der Waals surface area contributed by atoms with Gasteiger partial charge in [-0.1, -0.05) is 34.1 Å². The van der Waals surface area contributed by atoms with Gasteiger partial charge in [0.2, 0.25) is 0 Å². The number of halogens is 1. The van der Waals surface area contributed by atoms with Crippen molar-refractivity contribution in [3.05, 3.63) is 34.3 Å². The van der Waals surface area contributed by atoms with Crippen LogP contribution < -0.4 is 10.6 Å². The third-order valence-corrected chi connectivity index (χ3v) is 3.81. The number of carbonyl (C=O) groups excluding carboxylic acids is 1. The van der Waals surface area contributed by atoms with Crippen LogP contribution in [0.25, 0.3) is 0 Å². The molecule has 18 heavy (non-hydrogen) atoms. The van der Waals surface area contributed by atoms with Crippen LogP contribution in [0.15, 0.2) is 28.7 Å². The number of carbonyl (C=O) groups is 1. The maximum absolute atomic E-state index is 11.8. The van der Waals surface area contributed by atoms with E-state index >= 15 is 0 Å². The van der Waals surface area contributed by atoms with E-state index < -0.39 is 0 Å². The summed E-state index contributed by atoms with van der Waals surface area (Å²) in [6.45, 7) is 4.03. The van der Waals surface area contributed by atoms with E-state index in [4.69, 9.17) is 0 Å². The summed E-state index contributed by atoms with van der Waals surface area (Å²) in [5.41, 5.74) is 1.22. The number of hydrogen-bond acceptors (Lipinski definition) is 2. The largest absolute Gasteiger partial charge is 0.338 e. The van der Waals surface area contributed by atoms with Crippen LogP contribution in [0.2, 0.25) is 0 Å². The SMILES string of the molecule is O=C(NCCc1ccccc1Br)N1CCNCC1. The van der Waals surface area contributed by atoms with Crippen molar-refractivity contribution in [2.75, 3.05) is 32.7 Å². The third-order valence-electron chi connectivity index (χ3n) is 3.03. The van der Waals surface area contributed by atoms with Crippen molar-refractivity contribution in [1.29, 1.82) is 0 Å². The van der Waals surface area contributed by atoms with Crippen LogP contribution in [-0.4, -0.2) is 43.7 Å². The Kier molecular flexibility index (Phi) is 5.01. The zero-order chi connectivity index (χ0) is 12.8. The molecule has 1 aromatic rings. The number of urea groups is 1. The van der Waals surface area contributed by atoms with Crippen LogP contribution in [0, 0.1) is 0 Å². The molecule has 0 aliphatic carbocycles. The molecule has 0 unspecified atom stereocenters. The van der Waals surface area contributed by atoms with Gasteiger partial charge in [0.05, 0.1) is 0 Å². The van der Waals surface area contributed by atoms with E-state index in [1.807, 2.05) is 23.1 Å². The van der Waals surface area contributed by atoms with Crippen molar-refractivity contribution in [3.63, 3.8) is 0 Å².